The zero-order valence-corrected chi connectivity index (χ0v) is 16.6. The Morgan fingerprint density at radius 2 is 1.83 bits per heavy atom. The van der Waals surface area contributed by atoms with Crippen molar-refractivity contribution in [2.45, 2.75) is 19.4 Å². The van der Waals surface area contributed by atoms with Gasteiger partial charge < -0.3 is 15.0 Å². The number of anilines is 1. The lowest BCUT2D eigenvalue weighted by molar-refractivity contribution is 0.0792. The van der Waals surface area contributed by atoms with E-state index in [0.29, 0.717) is 22.7 Å². The molecule has 0 unspecified atom stereocenters. The lowest BCUT2D eigenvalue weighted by atomic mass is 10.1. The molecule has 29 heavy (non-hydrogen) atoms. The van der Waals surface area contributed by atoms with Gasteiger partial charge in [0.2, 0.25) is 0 Å². The minimum absolute atomic E-state index is 0.0268. The molecule has 6 heteroatoms. The van der Waals surface area contributed by atoms with Gasteiger partial charge in [0.15, 0.2) is 0 Å². The zero-order valence-electron chi connectivity index (χ0n) is 15.8. The van der Waals surface area contributed by atoms with Gasteiger partial charge in [-0.05, 0) is 49.2 Å². The molecule has 2 aliphatic rings. The quantitative estimate of drug-likeness (QED) is 0.682. The monoisotopic (exact) mass is 404 g/mol. The lowest BCUT2D eigenvalue weighted by Crippen LogP contribution is -2.27. The van der Waals surface area contributed by atoms with Gasteiger partial charge in [-0.2, -0.15) is 0 Å². The second kappa shape index (κ2) is 7.37. The number of amides is 2. The summed E-state index contributed by atoms with van der Waals surface area (Å²) in [4.78, 5) is 29.0. The first-order valence-corrected chi connectivity index (χ1v) is 10.6. The largest absolute Gasteiger partial charge is 0.488 e. The Morgan fingerprint density at radius 1 is 1.00 bits per heavy atom. The normalized spacial score (nSPS) is 14.7. The third-order valence-electron chi connectivity index (χ3n) is 5.31. The average molecular weight is 404 g/mol. The van der Waals surface area contributed by atoms with Crippen molar-refractivity contribution in [2.24, 2.45) is 0 Å². The SMILES string of the molecule is O=C(Nc1cccc(C(=O)N2CCCC2)c1)c1cc2c(s1)-c1ccccc1OC2. The van der Waals surface area contributed by atoms with E-state index in [1.165, 1.54) is 11.3 Å². The number of fused-ring (bicyclic) bond motifs is 3. The van der Waals surface area contributed by atoms with Gasteiger partial charge in [0.1, 0.15) is 12.4 Å². The van der Waals surface area contributed by atoms with Crippen molar-refractivity contribution in [3.8, 4) is 16.2 Å². The fourth-order valence-electron chi connectivity index (χ4n) is 3.84. The van der Waals surface area contributed by atoms with Crippen LogP contribution in [0.15, 0.2) is 54.6 Å². The fourth-order valence-corrected chi connectivity index (χ4v) is 4.93. The van der Waals surface area contributed by atoms with Gasteiger partial charge in [0, 0.05) is 40.3 Å². The molecule has 5 nitrogen and oxygen atoms in total. The number of carbonyl (C=O) groups is 2. The number of ether oxygens (including phenoxy) is 1. The molecule has 1 saturated heterocycles. The van der Waals surface area contributed by atoms with E-state index >= 15 is 0 Å². The van der Waals surface area contributed by atoms with Crippen LogP contribution in [0.5, 0.6) is 5.75 Å². The molecule has 0 saturated carbocycles. The van der Waals surface area contributed by atoms with E-state index in [4.69, 9.17) is 4.74 Å². The van der Waals surface area contributed by atoms with E-state index in [1.54, 1.807) is 12.1 Å². The summed E-state index contributed by atoms with van der Waals surface area (Å²) in [7, 11) is 0. The van der Waals surface area contributed by atoms with Gasteiger partial charge in [0.25, 0.3) is 11.8 Å². The number of hydrogen-bond acceptors (Lipinski definition) is 4. The first-order valence-electron chi connectivity index (χ1n) is 9.74. The lowest BCUT2D eigenvalue weighted by Gasteiger charge is -2.16. The number of para-hydroxylation sites is 1. The van der Waals surface area contributed by atoms with Crippen molar-refractivity contribution in [1.82, 2.24) is 4.90 Å². The topological polar surface area (TPSA) is 58.6 Å². The van der Waals surface area contributed by atoms with E-state index < -0.39 is 0 Å². The summed E-state index contributed by atoms with van der Waals surface area (Å²) in [5.41, 5.74) is 3.29. The highest BCUT2D eigenvalue weighted by molar-refractivity contribution is 7.17. The molecule has 0 spiro atoms. The molecule has 1 N–H and O–H groups in total. The van der Waals surface area contributed by atoms with Crippen molar-refractivity contribution in [3.05, 3.63) is 70.6 Å². The first kappa shape index (κ1) is 17.9. The molecule has 0 atom stereocenters. The van der Waals surface area contributed by atoms with Gasteiger partial charge in [-0.15, -0.1) is 11.3 Å². The summed E-state index contributed by atoms with van der Waals surface area (Å²) < 4.78 is 5.78. The summed E-state index contributed by atoms with van der Waals surface area (Å²) in [5, 5.41) is 2.94. The second-order valence-electron chi connectivity index (χ2n) is 7.28. The minimum atomic E-state index is -0.173. The van der Waals surface area contributed by atoms with E-state index in [2.05, 4.69) is 5.32 Å². The van der Waals surface area contributed by atoms with Gasteiger partial charge >= 0.3 is 0 Å². The Kier molecular flexibility index (Phi) is 4.56. The van der Waals surface area contributed by atoms with E-state index in [1.807, 2.05) is 47.4 Å². The zero-order chi connectivity index (χ0) is 19.8. The molecule has 0 aliphatic carbocycles. The number of benzene rings is 2. The highest BCUT2D eigenvalue weighted by Gasteiger charge is 2.23. The third kappa shape index (κ3) is 3.40. The van der Waals surface area contributed by atoms with Crippen LogP contribution in [0.4, 0.5) is 5.69 Å². The van der Waals surface area contributed by atoms with Crippen molar-refractivity contribution in [3.63, 3.8) is 0 Å². The van der Waals surface area contributed by atoms with Crippen LogP contribution < -0.4 is 10.1 Å². The molecule has 3 heterocycles. The van der Waals surface area contributed by atoms with Gasteiger partial charge in [-0.3, -0.25) is 9.59 Å². The van der Waals surface area contributed by atoms with Crippen LogP contribution in [0, 0.1) is 0 Å². The number of nitrogens with one attached hydrogen (secondary N) is 1. The number of carbonyl (C=O) groups excluding carboxylic acids is 2. The second-order valence-corrected chi connectivity index (χ2v) is 8.34. The molecule has 146 valence electrons. The summed E-state index contributed by atoms with van der Waals surface area (Å²) in [5.74, 6) is 0.702. The maximum Gasteiger partial charge on any atom is 0.265 e. The highest BCUT2D eigenvalue weighted by Crippen LogP contribution is 2.42. The van der Waals surface area contributed by atoms with Gasteiger partial charge in [-0.1, -0.05) is 18.2 Å². The summed E-state index contributed by atoms with van der Waals surface area (Å²) in [6, 6.07) is 16.9. The Morgan fingerprint density at radius 3 is 2.69 bits per heavy atom. The van der Waals surface area contributed by atoms with Gasteiger partial charge in [-0.25, -0.2) is 0 Å². The average Bonchev–Trinajstić information content (AvgIpc) is 3.43. The highest BCUT2D eigenvalue weighted by atomic mass is 32.1. The van der Waals surface area contributed by atoms with Crippen molar-refractivity contribution in [1.29, 1.82) is 0 Å². The summed E-state index contributed by atoms with van der Waals surface area (Å²) >= 11 is 1.47. The smallest absolute Gasteiger partial charge is 0.265 e. The first-order chi connectivity index (χ1) is 14.2. The Balaban J connectivity index is 1.36. The molecular weight excluding hydrogens is 384 g/mol. The number of rotatable bonds is 3. The maximum absolute atomic E-state index is 12.8. The number of nitrogens with zero attached hydrogens (tertiary/aromatic N) is 1. The molecule has 1 aromatic heterocycles. The Labute approximate surface area is 172 Å². The molecule has 2 aliphatic heterocycles. The maximum atomic E-state index is 12.8. The van der Waals surface area contributed by atoms with Crippen LogP contribution in [0.25, 0.3) is 10.4 Å². The van der Waals surface area contributed by atoms with Crippen LogP contribution in [0.2, 0.25) is 0 Å². The molecule has 2 aromatic carbocycles. The van der Waals surface area contributed by atoms with Crippen LogP contribution in [0.3, 0.4) is 0 Å². The number of thiophene rings is 1. The van der Waals surface area contributed by atoms with Crippen molar-refractivity contribution < 1.29 is 14.3 Å². The van der Waals surface area contributed by atoms with E-state index in [9.17, 15) is 9.59 Å². The number of likely N-dealkylation sites (tertiary alicyclic amines) is 1. The number of hydrogen-bond donors (Lipinski definition) is 1. The predicted molar refractivity (Wildman–Crippen MR) is 114 cm³/mol. The predicted octanol–water partition coefficient (Wildman–Crippen LogP) is 4.80. The third-order valence-corrected chi connectivity index (χ3v) is 6.52. The summed E-state index contributed by atoms with van der Waals surface area (Å²) in [6.45, 7) is 2.08. The fraction of sp³-hybridized carbons (Fsp3) is 0.217. The molecule has 2 amide bonds. The Bertz CT molecular complexity index is 1100. The van der Waals surface area contributed by atoms with Crippen LogP contribution >= 0.6 is 11.3 Å². The van der Waals surface area contributed by atoms with Crippen LogP contribution in [-0.2, 0) is 6.61 Å². The van der Waals surface area contributed by atoms with Crippen LogP contribution in [0.1, 0.15) is 38.4 Å². The van der Waals surface area contributed by atoms with Crippen molar-refractivity contribution in [2.75, 3.05) is 18.4 Å². The van der Waals surface area contributed by atoms with Crippen molar-refractivity contribution >= 4 is 28.8 Å². The molecular formula is C23H20N2O3S. The van der Waals surface area contributed by atoms with E-state index in [-0.39, 0.29) is 11.8 Å². The molecule has 0 bridgehead atoms. The minimum Gasteiger partial charge on any atom is -0.488 e. The molecule has 5 rings (SSSR count). The standard InChI is InChI=1S/C23H20N2O3S/c26-22(20-13-16-14-28-19-9-2-1-8-18(19)21(16)29-20)24-17-7-5-6-15(12-17)23(27)25-10-3-4-11-25/h1-2,5-9,12-13H,3-4,10-11,14H2,(H,24,26). The molecule has 1 fully saturated rings. The van der Waals surface area contributed by atoms with E-state index in [0.717, 1.165) is 47.7 Å². The summed E-state index contributed by atoms with van der Waals surface area (Å²) in [6.07, 6.45) is 2.11. The van der Waals surface area contributed by atoms with Crippen LogP contribution in [-0.4, -0.2) is 29.8 Å². The Hall–Kier alpha value is -3.12. The molecule has 3 aromatic rings. The molecule has 0 radical (unpaired) electrons. The van der Waals surface area contributed by atoms with Gasteiger partial charge in [0.05, 0.1) is 4.88 Å².